The van der Waals surface area contributed by atoms with Gasteiger partial charge in [-0.25, -0.2) is 9.59 Å². The van der Waals surface area contributed by atoms with E-state index in [1.807, 2.05) is 0 Å². The van der Waals surface area contributed by atoms with E-state index in [-0.39, 0.29) is 39.2 Å². The maximum absolute atomic E-state index is 11.6. The number of methoxy groups -OCH3 is 1. The molecule has 0 aliphatic carbocycles. The number of hydrogen-bond donors (Lipinski definition) is 3. The molecule has 0 saturated heterocycles. The number of aryl methyl sites for hydroxylation is 2. The minimum atomic E-state index is -1.19. The number of fused-ring (bicyclic) bond motifs is 3. The first-order chi connectivity index (χ1) is 11.3. The molecule has 0 amide bonds. The number of ether oxygens (including phenoxy) is 1. The number of hydrogen-bond acceptors (Lipinski definition) is 5. The van der Waals surface area contributed by atoms with Crippen molar-refractivity contribution in [3.8, 4) is 11.5 Å². The number of carboxylic acids is 2. The molecule has 0 bridgehead atoms. The van der Waals surface area contributed by atoms with Gasteiger partial charge in [-0.05, 0) is 31.0 Å². The second-order valence-corrected chi connectivity index (χ2v) is 5.46. The molecule has 7 heteroatoms. The van der Waals surface area contributed by atoms with Crippen molar-refractivity contribution in [3.63, 3.8) is 0 Å². The highest BCUT2D eigenvalue weighted by atomic mass is 16.5. The second-order valence-electron chi connectivity index (χ2n) is 5.46. The van der Waals surface area contributed by atoms with Crippen LogP contribution >= 0.6 is 0 Å². The Morgan fingerprint density at radius 3 is 2.21 bits per heavy atom. The van der Waals surface area contributed by atoms with Crippen LogP contribution in [0.5, 0.6) is 11.5 Å². The largest absolute Gasteiger partial charge is 0.507 e. The number of carboxylic acid groups (broad SMARTS) is 2. The highest BCUT2D eigenvalue weighted by Gasteiger charge is 2.26. The van der Waals surface area contributed by atoms with Crippen LogP contribution in [0.15, 0.2) is 16.5 Å². The Kier molecular flexibility index (Phi) is 3.37. The van der Waals surface area contributed by atoms with Crippen molar-refractivity contribution in [1.29, 1.82) is 0 Å². The normalized spacial score (nSPS) is 11.1. The number of rotatable bonds is 3. The molecule has 0 radical (unpaired) electrons. The summed E-state index contributed by atoms with van der Waals surface area (Å²) in [5.41, 5.74) is 0.773. The third-order valence-corrected chi connectivity index (χ3v) is 4.07. The lowest BCUT2D eigenvalue weighted by atomic mass is 9.98. The molecule has 0 aliphatic rings. The molecule has 0 saturated carbocycles. The number of benzene rings is 2. The molecule has 3 N–H and O–H groups in total. The highest BCUT2D eigenvalue weighted by Crippen LogP contribution is 2.43. The van der Waals surface area contributed by atoms with E-state index in [1.54, 1.807) is 13.8 Å². The zero-order valence-electron chi connectivity index (χ0n) is 13.1. The number of aromatic hydroxyl groups is 1. The Hall–Kier alpha value is -3.22. The lowest BCUT2D eigenvalue weighted by Crippen LogP contribution is -2.03. The molecule has 2 aromatic carbocycles. The molecule has 0 aliphatic heterocycles. The lowest BCUT2D eigenvalue weighted by molar-refractivity contribution is 0.0683. The monoisotopic (exact) mass is 330 g/mol. The fourth-order valence-corrected chi connectivity index (χ4v) is 3.07. The van der Waals surface area contributed by atoms with Crippen LogP contribution < -0.4 is 4.74 Å². The van der Waals surface area contributed by atoms with Crippen molar-refractivity contribution in [3.05, 3.63) is 34.4 Å². The molecule has 24 heavy (non-hydrogen) atoms. The van der Waals surface area contributed by atoms with E-state index >= 15 is 0 Å². The van der Waals surface area contributed by atoms with E-state index in [1.165, 1.54) is 19.2 Å². The van der Waals surface area contributed by atoms with Crippen LogP contribution in [-0.2, 0) is 0 Å². The third-order valence-electron chi connectivity index (χ3n) is 4.07. The average molecular weight is 330 g/mol. The Morgan fingerprint density at radius 1 is 1.04 bits per heavy atom. The lowest BCUT2D eigenvalue weighted by Gasteiger charge is -2.09. The molecule has 0 spiro atoms. The van der Waals surface area contributed by atoms with Gasteiger partial charge in [-0.1, -0.05) is 0 Å². The Labute approximate surface area is 135 Å². The topological polar surface area (TPSA) is 117 Å². The summed E-state index contributed by atoms with van der Waals surface area (Å²) in [6.45, 7) is 3.11. The zero-order valence-corrected chi connectivity index (χ0v) is 13.1. The third kappa shape index (κ3) is 1.98. The van der Waals surface area contributed by atoms with Gasteiger partial charge in [0.05, 0.1) is 12.5 Å². The first-order valence-electron chi connectivity index (χ1n) is 7.00. The molecule has 3 aromatic rings. The number of phenolic OH excluding ortho intramolecular Hbond substituents is 1. The van der Waals surface area contributed by atoms with Gasteiger partial charge in [-0.3, -0.25) is 0 Å². The van der Waals surface area contributed by atoms with Crippen molar-refractivity contribution >= 4 is 33.9 Å². The molecule has 3 rings (SSSR count). The molecule has 1 heterocycles. The van der Waals surface area contributed by atoms with Crippen molar-refractivity contribution in [2.75, 3.05) is 7.11 Å². The molecular weight excluding hydrogens is 316 g/mol. The van der Waals surface area contributed by atoms with Gasteiger partial charge in [0.2, 0.25) is 0 Å². The minimum Gasteiger partial charge on any atom is -0.507 e. The van der Waals surface area contributed by atoms with Gasteiger partial charge in [-0.2, -0.15) is 0 Å². The van der Waals surface area contributed by atoms with Crippen molar-refractivity contribution in [2.24, 2.45) is 0 Å². The van der Waals surface area contributed by atoms with Crippen LogP contribution in [0, 0.1) is 13.8 Å². The summed E-state index contributed by atoms with van der Waals surface area (Å²) in [5, 5.41) is 29.7. The molecule has 124 valence electrons. The minimum absolute atomic E-state index is 0.00249. The summed E-state index contributed by atoms with van der Waals surface area (Å²) >= 11 is 0. The van der Waals surface area contributed by atoms with Gasteiger partial charge in [-0.15, -0.1) is 0 Å². The first kappa shape index (κ1) is 15.7. The summed E-state index contributed by atoms with van der Waals surface area (Å²) in [6.07, 6.45) is 0. The molecule has 1 aromatic heterocycles. The maximum atomic E-state index is 11.6. The van der Waals surface area contributed by atoms with Crippen LogP contribution in [0.3, 0.4) is 0 Å². The van der Waals surface area contributed by atoms with Crippen molar-refractivity contribution < 1.29 is 34.1 Å². The quantitative estimate of drug-likeness (QED) is 0.674. The molecule has 0 unspecified atom stereocenters. The van der Waals surface area contributed by atoms with Gasteiger partial charge in [0, 0.05) is 11.5 Å². The van der Waals surface area contributed by atoms with Crippen molar-refractivity contribution in [2.45, 2.75) is 13.8 Å². The molecular formula is C17H14O7. The fourth-order valence-electron chi connectivity index (χ4n) is 3.07. The van der Waals surface area contributed by atoms with Crippen LogP contribution in [0.2, 0.25) is 0 Å². The Bertz CT molecular complexity index is 1030. The number of furan rings is 1. The summed E-state index contributed by atoms with van der Waals surface area (Å²) in [5.74, 6) is -2.46. The summed E-state index contributed by atoms with van der Waals surface area (Å²) < 4.78 is 10.8. The van der Waals surface area contributed by atoms with Crippen LogP contribution in [-0.4, -0.2) is 34.4 Å². The Morgan fingerprint density at radius 2 is 1.67 bits per heavy atom. The standard InChI is InChI=1S/C17H14O7/c1-6-4-8(18)14-12-7(2)13(17(21)22)9(23-3)5-10(12)24-15(14)11(6)16(19)20/h4-5,18H,1-3H3,(H,19,20)(H,21,22). The van der Waals surface area contributed by atoms with E-state index in [2.05, 4.69) is 0 Å². The molecule has 7 nitrogen and oxygen atoms in total. The number of phenols is 1. The summed E-state index contributed by atoms with van der Waals surface area (Å²) in [7, 11) is 1.33. The van der Waals surface area contributed by atoms with Crippen LogP contribution in [0.25, 0.3) is 21.9 Å². The predicted octanol–water partition coefficient (Wildman–Crippen LogP) is 3.31. The summed E-state index contributed by atoms with van der Waals surface area (Å²) in [4.78, 5) is 23.1. The van der Waals surface area contributed by atoms with E-state index in [0.29, 0.717) is 16.5 Å². The predicted molar refractivity (Wildman–Crippen MR) is 85.3 cm³/mol. The highest BCUT2D eigenvalue weighted by molar-refractivity contribution is 6.17. The van der Waals surface area contributed by atoms with E-state index in [9.17, 15) is 24.9 Å². The maximum Gasteiger partial charge on any atom is 0.339 e. The van der Waals surface area contributed by atoms with Gasteiger partial charge in [0.1, 0.15) is 28.2 Å². The number of aromatic carboxylic acids is 2. The van der Waals surface area contributed by atoms with E-state index in [0.717, 1.165) is 0 Å². The Balaban J connectivity index is 2.62. The van der Waals surface area contributed by atoms with Gasteiger partial charge in [0.15, 0.2) is 5.58 Å². The molecule has 0 atom stereocenters. The SMILES string of the molecule is COc1cc2oc3c(C(=O)O)c(C)cc(O)c3c2c(C)c1C(=O)O. The summed E-state index contributed by atoms with van der Waals surface area (Å²) in [6, 6.07) is 2.71. The van der Waals surface area contributed by atoms with Gasteiger partial charge < -0.3 is 24.5 Å². The number of carbonyl (C=O) groups is 2. The van der Waals surface area contributed by atoms with Gasteiger partial charge >= 0.3 is 11.9 Å². The molecule has 0 fully saturated rings. The smallest absolute Gasteiger partial charge is 0.339 e. The van der Waals surface area contributed by atoms with Gasteiger partial charge in [0.25, 0.3) is 0 Å². The average Bonchev–Trinajstić information content (AvgIpc) is 2.85. The van der Waals surface area contributed by atoms with E-state index < -0.39 is 11.9 Å². The van der Waals surface area contributed by atoms with Crippen LogP contribution in [0.4, 0.5) is 0 Å². The van der Waals surface area contributed by atoms with E-state index in [4.69, 9.17) is 9.15 Å². The fraction of sp³-hybridized carbons (Fsp3) is 0.176. The van der Waals surface area contributed by atoms with Crippen molar-refractivity contribution in [1.82, 2.24) is 0 Å². The zero-order chi connectivity index (χ0) is 17.8. The first-order valence-corrected chi connectivity index (χ1v) is 7.00. The van der Waals surface area contributed by atoms with Crippen LogP contribution in [0.1, 0.15) is 31.8 Å². The second kappa shape index (κ2) is 5.16.